The third-order valence-corrected chi connectivity index (χ3v) is 3.26. The number of carboxylic acids is 1. The molecule has 0 aromatic rings. The maximum Gasteiger partial charge on any atom is 0.322 e. The first-order chi connectivity index (χ1) is 5.57. The largest absolute Gasteiger partial charge is 0.480 e. The van der Waals surface area contributed by atoms with E-state index in [0.29, 0.717) is 24.9 Å². The van der Waals surface area contributed by atoms with E-state index >= 15 is 0 Å². The quantitative estimate of drug-likeness (QED) is 0.730. The zero-order chi connectivity index (χ0) is 9.19. The van der Waals surface area contributed by atoms with Gasteiger partial charge in [-0.3, -0.25) is 4.79 Å². The minimum atomic E-state index is -0.737. The Morgan fingerprint density at radius 2 is 2.33 bits per heavy atom. The van der Waals surface area contributed by atoms with Gasteiger partial charge < -0.3 is 9.84 Å². The first kappa shape index (κ1) is 9.86. The van der Waals surface area contributed by atoms with Crippen LogP contribution in [0.5, 0.6) is 0 Å². The van der Waals surface area contributed by atoms with Crippen LogP contribution in [0.15, 0.2) is 0 Å². The standard InChI is InChI=1S/C8H14O3S/c1-6(2)12-8(7(9)10)3-4-11-5-8/h6H,3-5H2,1-2H3,(H,9,10). The van der Waals surface area contributed by atoms with Crippen LogP contribution in [-0.2, 0) is 9.53 Å². The molecule has 1 rings (SSSR count). The molecule has 0 aliphatic carbocycles. The maximum absolute atomic E-state index is 11.0. The molecule has 0 bridgehead atoms. The molecule has 70 valence electrons. The molecule has 1 heterocycles. The lowest BCUT2D eigenvalue weighted by atomic mass is 10.1. The van der Waals surface area contributed by atoms with E-state index < -0.39 is 10.7 Å². The summed E-state index contributed by atoms with van der Waals surface area (Å²) >= 11 is 1.49. The van der Waals surface area contributed by atoms with E-state index in [9.17, 15) is 4.79 Å². The summed E-state index contributed by atoms with van der Waals surface area (Å²) in [6, 6.07) is 0. The fourth-order valence-electron chi connectivity index (χ4n) is 1.31. The molecular weight excluding hydrogens is 176 g/mol. The molecule has 1 fully saturated rings. The van der Waals surface area contributed by atoms with Gasteiger partial charge in [0.25, 0.3) is 0 Å². The van der Waals surface area contributed by atoms with Crippen molar-refractivity contribution >= 4 is 17.7 Å². The molecule has 1 saturated heterocycles. The number of hydrogen-bond donors (Lipinski definition) is 1. The van der Waals surface area contributed by atoms with Gasteiger partial charge in [-0.05, 0) is 6.42 Å². The fraction of sp³-hybridized carbons (Fsp3) is 0.875. The van der Waals surface area contributed by atoms with Crippen molar-refractivity contribution in [2.75, 3.05) is 13.2 Å². The molecule has 0 radical (unpaired) electrons. The summed E-state index contributed by atoms with van der Waals surface area (Å²) < 4.78 is 4.45. The molecule has 1 aliphatic rings. The molecule has 0 aromatic carbocycles. The first-order valence-corrected chi connectivity index (χ1v) is 4.94. The van der Waals surface area contributed by atoms with Crippen LogP contribution in [-0.4, -0.2) is 34.3 Å². The summed E-state index contributed by atoms with van der Waals surface area (Å²) in [6.45, 7) is 4.94. The molecule has 4 heteroatoms. The molecular formula is C8H14O3S. The second-order valence-corrected chi connectivity index (χ2v) is 5.23. The lowest BCUT2D eigenvalue weighted by molar-refractivity contribution is -0.139. The predicted molar refractivity (Wildman–Crippen MR) is 48.5 cm³/mol. The Bertz CT molecular complexity index is 173. The van der Waals surface area contributed by atoms with E-state index in [1.54, 1.807) is 0 Å². The summed E-state index contributed by atoms with van der Waals surface area (Å²) in [5.74, 6) is -0.737. The van der Waals surface area contributed by atoms with Gasteiger partial charge >= 0.3 is 5.97 Å². The van der Waals surface area contributed by atoms with Gasteiger partial charge in [0.1, 0.15) is 4.75 Å². The van der Waals surface area contributed by atoms with E-state index in [2.05, 4.69) is 0 Å². The van der Waals surface area contributed by atoms with Gasteiger partial charge in [-0.1, -0.05) is 13.8 Å². The summed E-state index contributed by atoms with van der Waals surface area (Å²) in [7, 11) is 0. The van der Waals surface area contributed by atoms with Gasteiger partial charge in [0.15, 0.2) is 0 Å². The van der Waals surface area contributed by atoms with E-state index in [1.165, 1.54) is 11.8 Å². The van der Waals surface area contributed by atoms with Crippen LogP contribution in [0.3, 0.4) is 0 Å². The van der Waals surface area contributed by atoms with E-state index in [4.69, 9.17) is 9.84 Å². The summed E-state index contributed by atoms with van der Waals surface area (Å²) in [5, 5.41) is 9.35. The van der Waals surface area contributed by atoms with Gasteiger partial charge in [-0.15, -0.1) is 11.8 Å². The molecule has 12 heavy (non-hydrogen) atoms. The van der Waals surface area contributed by atoms with Crippen LogP contribution in [0, 0.1) is 0 Å². The average molecular weight is 190 g/mol. The Morgan fingerprint density at radius 1 is 1.67 bits per heavy atom. The lowest BCUT2D eigenvalue weighted by Crippen LogP contribution is -2.36. The van der Waals surface area contributed by atoms with Crippen LogP contribution in [0.4, 0.5) is 0 Å². The van der Waals surface area contributed by atoms with E-state index in [1.807, 2.05) is 13.8 Å². The number of rotatable bonds is 3. The molecule has 1 atom stereocenters. The Morgan fingerprint density at radius 3 is 2.67 bits per heavy atom. The predicted octanol–water partition coefficient (Wildman–Crippen LogP) is 1.37. The Labute approximate surface area is 76.5 Å². The van der Waals surface area contributed by atoms with Crippen molar-refractivity contribution in [3.8, 4) is 0 Å². The summed E-state index contributed by atoms with van der Waals surface area (Å²) in [5.41, 5.74) is 0. The van der Waals surface area contributed by atoms with Crippen LogP contribution < -0.4 is 0 Å². The minimum absolute atomic E-state index is 0.336. The van der Waals surface area contributed by atoms with Crippen LogP contribution in [0.2, 0.25) is 0 Å². The minimum Gasteiger partial charge on any atom is -0.480 e. The van der Waals surface area contributed by atoms with Crippen LogP contribution >= 0.6 is 11.8 Å². The average Bonchev–Trinajstić information content (AvgIpc) is 2.35. The maximum atomic E-state index is 11.0. The van der Waals surface area contributed by atoms with Crippen molar-refractivity contribution in [2.24, 2.45) is 0 Å². The zero-order valence-electron chi connectivity index (χ0n) is 7.37. The number of carboxylic acid groups (broad SMARTS) is 1. The Kier molecular flexibility index (Phi) is 3.01. The lowest BCUT2D eigenvalue weighted by Gasteiger charge is -2.23. The summed E-state index contributed by atoms with van der Waals surface area (Å²) in [6.07, 6.45) is 0.630. The monoisotopic (exact) mass is 190 g/mol. The molecule has 1 aliphatic heterocycles. The smallest absolute Gasteiger partial charge is 0.322 e. The molecule has 3 nitrogen and oxygen atoms in total. The molecule has 0 amide bonds. The van der Waals surface area contributed by atoms with Gasteiger partial charge in [-0.2, -0.15) is 0 Å². The third kappa shape index (κ3) is 1.93. The van der Waals surface area contributed by atoms with Gasteiger partial charge in [0.2, 0.25) is 0 Å². The van der Waals surface area contributed by atoms with Gasteiger partial charge in [0, 0.05) is 11.9 Å². The van der Waals surface area contributed by atoms with Crippen molar-refractivity contribution < 1.29 is 14.6 Å². The number of thioether (sulfide) groups is 1. The molecule has 0 spiro atoms. The highest BCUT2D eigenvalue weighted by Crippen LogP contribution is 2.36. The van der Waals surface area contributed by atoms with Crippen molar-refractivity contribution in [2.45, 2.75) is 30.3 Å². The highest BCUT2D eigenvalue weighted by molar-refractivity contribution is 8.02. The molecule has 1 N–H and O–H groups in total. The van der Waals surface area contributed by atoms with Gasteiger partial charge in [0.05, 0.1) is 6.61 Å². The van der Waals surface area contributed by atoms with Crippen molar-refractivity contribution in [3.63, 3.8) is 0 Å². The highest BCUT2D eigenvalue weighted by atomic mass is 32.2. The van der Waals surface area contributed by atoms with Crippen molar-refractivity contribution in [1.29, 1.82) is 0 Å². The SMILES string of the molecule is CC(C)SC1(C(=O)O)CCOC1. The zero-order valence-corrected chi connectivity index (χ0v) is 8.19. The third-order valence-electron chi connectivity index (χ3n) is 1.84. The molecule has 0 saturated carbocycles. The second-order valence-electron chi connectivity index (χ2n) is 3.27. The number of aliphatic carboxylic acids is 1. The normalized spacial score (nSPS) is 29.6. The Hall–Kier alpha value is -0.220. The van der Waals surface area contributed by atoms with E-state index in [0.717, 1.165) is 0 Å². The highest BCUT2D eigenvalue weighted by Gasteiger charge is 2.43. The number of carbonyl (C=O) groups is 1. The molecule has 1 unspecified atom stereocenters. The van der Waals surface area contributed by atoms with Crippen LogP contribution in [0.25, 0.3) is 0 Å². The topological polar surface area (TPSA) is 46.5 Å². The molecule has 0 aromatic heterocycles. The van der Waals surface area contributed by atoms with Gasteiger partial charge in [-0.25, -0.2) is 0 Å². The van der Waals surface area contributed by atoms with Crippen molar-refractivity contribution in [1.82, 2.24) is 0 Å². The number of hydrogen-bond acceptors (Lipinski definition) is 3. The first-order valence-electron chi connectivity index (χ1n) is 4.06. The fourth-order valence-corrected chi connectivity index (χ4v) is 2.67. The number of ether oxygens (including phenoxy) is 1. The second kappa shape index (κ2) is 3.66. The summed E-state index contributed by atoms with van der Waals surface area (Å²) in [4.78, 5) is 11.0. The van der Waals surface area contributed by atoms with E-state index in [-0.39, 0.29) is 0 Å². The Balaban J connectivity index is 2.65. The van der Waals surface area contributed by atoms with Crippen molar-refractivity contribution in [3.05, 3.63) is 0 Å². The van der Waals surface area contributed by atoms with Crippen LogP contribution in [0.1, 0.15) is 20.3 Å².